The number of benzene rings is 1. The van der Waals surface area contributed by atoms with E-state index in [0.29, 0.717) is 17.2 Å². The van der Waals surface area contributed by atoms with Gasteiger partial charge in [0, 0.05) is 23.2 Å². The van der Waals surface area contributed by atoms with Crippen molar-refractivity contribution in [3.63, 3.8) is 0 Å². The van der Waals surface area contributed by atoms with E-state index in [1.165, 1.54) is 12.8 Å². The lowest BCUT2D eigenvalue weighted by Gasteiger charge is -2.17. The molecule has 3 nitrogen and oxygen atoms in total. The van der Waals surface area contributed by atoms with Crippen molar-refractivity contribution in [3.05, 3.63) is 28.2 Å². The topological polar surface area (TPSA) is 46.3 Å². The molecule has 1 aliphatic rings. The van der Waals surface area contributed by atoms with Crippen molar-refractivity contribution in [1.29, 1.82) is 0 Å². The van der Waals surface area contributed by atoms with E-state index in [1.54, 1.807) is 12.1 Å². The van der Waals surface area contributed by atoms with Gasteiger partial charge >= 0.3 is 0 Å². The van der Waals surface area contributed by atoms with Crippen LogP contribution < -0.4 is 5.73 Å². The zero-order valence-electron chi connectivity index (χ0n) is 10.7. The number of hydrogen-bond donors (Lipinski definition) is 1. The minimum atomic E-state index is 0.0905. The van der Waals surface area contributed by atoms with Gasteiger partial charge < -0.3 is 10.6 Å². The SMILES string of the molecule is CCCC1CCN(C(=O)c2cc(N)ccc2Br)C1. The second kappa shape index (κ2) is 5.74. The van der Waals surface area contributed by atoms with Gasteiger partial charge in [-0.3, -0.25) is 4.79 Å². The highest BCUT2D eigenvalue weighted by molar-refractivity contribution is 9.10. The average Bonchev–Trinajstić information content (AvgIpc) is 2.80. The quantitative estimate of drug-likeness (QED) is 0.871. The molecule has 2 N–H and O–H groups in total. The number of carbonyl (C=O) groups is 1. The molecule has 1 unspecified atom stereocenters. The van der Waals surface area contributed by atoms with E-state index in [0.717, 1.165) is 24.0 Å². The predicted molar refractivity (Wildman–Crippen MR) is 77.5 cm³/mol. The molecule has 0 aromatic heterocycles. The molecule has 18 heavy (non-hydrogen) atoms. The van der Waals surface area contributed by atoms with E-state index in [9.17, 15) is 4.79 Å². The summed E-state index contributed by atoms with van der Waals surface area (Å²) in [6, 6.07) is 5.38. The molecular formula is C14H19BrN2O. The zero-order valence-corrected chi connectivity index (χ0v) is 12.2. The first kappa shape index (κ1) is 13.4. The molecular weight excluding hydrogens is 292 g/mol. The largest absolute Gasteiger partial charge is 0.399 e. The molecule has 1 saturated heterocycles. The maximum absolute atomic E-state index is 12.4. The highest BCUT2D eigenvalue weighted by atomic mass is 79.9. The minimum Gasteiger partial charge on any atom is -0.399 e. The van der Waals surface area contributed by atoms with Gasteiger partial charge in [-0.2, -0.15) is 0 Å². The number of likely N-dealkylation sites (tertiary alicyclic amines) is 1. The molecule has 1 aliphatic heterocycles. The Kier molecular flexibility index (Phi) is 4.27. The molecule has 4 heteroatoms. The van der Waals surface area contributed by atoms with E-state index in [2.05, 4.69) is 22.9 Å². The van der Waals surface area contributed by atoms with Gasteiger partial charge in [0.2, 0.25) is 0 Å². The van der Waals surface area contributed by atoms with Crippen LogP contribution in [0, 0.1) is 5.92 Å². The third-order valence-corrected chi connectivity index (χ3v) is 4.18. The van der Waals surface area contributed by atoms with Crippen LogP contribution in [0.1, 0.15) is 36.5 Å². The number of nitrogens with two attached hydrogens (primary N) is 1. The van der Waals surface area contributed by atoms with Crippen molar-refractivity contribution in [1.82, 2.24) is 4.90 Å². The van der Waals surface area contributed by atoms with Gasteiger partial charge in [0.25, 0.3) is 5.91 Å². The lowest BCUT2D eigenvalue weighted by Crippen LogP contribution is -2.29. The lowest BCUT2D eigenvalue weighted by atomic mass is 10.0. The maximum atomic E-state index is 12.4. The van der Waals surface area contributed by atoms with Crippen molar-refractivity contribution in [2.45, 2.75) is 26.2 Å². The van der Waals surface area contributed by atoms with Crippen LogP contribution in [-0.4, -0.2) is 23.9 Å². The summed E-state index contributed by atoms with van der Waals surface area (Å²) in [4.78, 5) is 14.4. The Bertz CT molecular complexity index is 447. The molecule has 0 bridgehead atoms. The van der Waals surface area contributed by atoms with Crippen LogP contribution >= 0.6 is 15.9 Å². The Balaban J connectivity index is 2.10. The third kappa shape index (κ3) is 2.86. The molecule has 1 atom stereocenters. The van der Waals surface area contributed by atoms with Crippen LogP contribution in [0.4, 0.5) is 5.69 Å². The van der Waals surface area contributed by atoms with Crippen LogP contribution in [-0.2, 0) is 0 Å². The fraction of sp³-hybridized carbons (Fsp3) is 0.500. The van der Waals surface area contributed by atoms with Crippen molar-refractivity contribution < 1.29 is 4.79 Å². The number of rotatable bonds is 3. The Labute approximate surface area is 116 Å². The summed E-state index contributed by atoms with van der Waals surface area (Å²) in [5.74, 6) is 0.756. The smallest absolute Gasteiger partial charge is 0.255 e. The molecule has 1 heterocycles. The van der Waals surface area contributed by atoms with Crippen LogP contribution in [0.5, 0.6) is 0 Å². The van der Waals surface area contributed by atoms with Gasteiger partial charge in [-0.25, -0.2) is 0 Å². The zero-order chi connectivity index (χ0) is 13.1. The minimum absolute atomic E-state index is 0.0905. The lowest BCUT2D eigenvalue weighted by molar-refractivity contribution is 0.0785. The Morgan fingerprint density at radius 3 is 3.06 bits per heavy atom. The second-order valence-electron chi connectivity index (χ2n) is 4.93. The molecule has 2 rings (SSSR count). The molecule has 0 saturated carbocycles. The summed E-state index contributed by atoms with van der Waals surface area (Å²) in [5.41, 5.74) is 7.05. The fourth-order valence-electron chi connectivity index (χ4n) is 2.54. The van der Waals surface area contributed by atoms with Crippen molar-refractivity contribution in [2.24, 2.45) is 5.92 Å². The molecule has 1 fully saturated rings. The van der Waals surface area contributed by atoms with E-state index in [4.69, 9.17) is 5.73 Å². The van der Waals surface area contributed by atoms with Crippen LogP contribution in [0.25, 0.3) is 0 Å². The molecule has 98 valence electrons. The summed E-state index contributed by atoms with van der Waals surface area (Å²) in [6.07, 6.45) is 3.52. The predicted octanol–water partition coefficient (Wildman–Crippen LogP) is 3.29. The molecule has 1 amide bonds. The molecule has 0 spiro atoms. The molecule has 1 aromatic rings. The van der Waals surface area contributed by atoms with Gasteiger partial charge in [0.15, 0.2) is 0 Å². The Morgan fingerprint density at radius 1 is 1.56 bits per heavy atom. The number of carbonyl (C=O) groups excluding carboxylic acids is 1. The van der Waals surface area contributed by atoms with Gasteiger partial charge in [0.05, 0.1) is 5.56 Å². The summed E-state index contributed by atoms with van der Waals surface area (Å²) >= 11 is 3.42. The highest BCUT2D eigenvalue weighted by Crippen LogP contribution is 2.26. The standard InChI is InChI=1S/C14H19BrN2O/c1-2-3-10-6-7-17(9-10)14(18)12-8-11(16)4-5-13(12)15/h4-5,8,10H,2-3,6-7,9,16H2,1H3. The van der Waals surface area contributed by atoms with E-state index < -0.39 is 0 Å². The van der Waals surface area contributed by atoms with Gasteiger partial charge in [-0.05, 0) is 52.9 Å². The first-order chi connectivity index (χ1) is 8.61. The molecule has 0 aliphatic carbocycles. The van der Waals surface area contributed by atoms with Crippen LogP contribution in [0.15, 0.2) is 22.7 Å². The van der Waals surface area contributed by atoms with E-state index in [-0.39, 0.29) is 5.91 Å². The monoisotopic (exact) mass is 310 g/mol. The van der Waals surface area contributed by atoms with Crippen LogP contribution in [0.3, 0.4) is 0 Å². The first-order valence-electron chi connectivity index (χ1n) is 6.46. The number of nitrogens with zero attached hydrogens (tertiary/aromatic N) is 1. The second-order valence-corrected chi connectivity index (χ2v) is 5.79. The summed E-state index contributed by atoms with van der Waals surface area (Å²) < 4.78 is 0.820. The highest BCUT2D eigenvalue weighted by Gasteiger charge is 2.27. The number of hydrogen-bond acceptors (Lipinski definition) is 2. The first-order valence-corrected chi connectivity index (χ1v) is 7.25. The average molecular weight is 311 g/mol. The Morgan fingerprint density at radius 2 is 2.33 bits per heavy atom. The van der Waals surface area contributed by atoms with Gasteiger partial charge in [-0.1, -0.05) is 13.3 Å². The van der Waals surface area contributed by atoms with Crippen LogP contribution in [0.2, 0.25) is 0 Å². The maximum Gasteiger partial charge on any atom is 0.255 e. The van der Waals surface area contributed by atoms with Gasteiger partial charge in [0.1, 0.15) is 0 Å². The Hall–Kier alpha value is -1.03. The van der Waals surface area contributed by atoms with E-state index >= 15 is 0 Å². The number of anilines is 1. The normalized spacial score (nSPS) is 19.2. The number of halogens is 1. The van der Waals surface area contributed by atoms with Crippen molar-refractivity contribution >= 4 is 27.5 Å². The summed E-state index contributed by atoms with van der Waals surface area (Å²) in [5, 5.41) is 0. The van der Waals surface area contributed by atoms with E-state index in [1.807, 2.05) is 11.0 Å². The van der Waals surface area contributed by atoms with Gasteiger partial charge in [-0.15, -0.1) is 0 Å². The number of nitrogen functional groups attached to an aromatic ring is 1. The molecule has 1 aromatic carbocycles. The fourth-order valence-corrected chi connectivity index (χ4v) is 2.95. The van der Waals surface area contributed by atoms with Crippen molar-refractivity contribution in [3.8, 4) is 0 Å². The summed E-state index contributed by atoms with van der Waals surface area (Å²) in [7, 11) is 0. The molecule has 0 radical (unpaired) electrons. The number of amides is 1. The summed E-state index contributed by atoms with van der Waals surface area (Å²) in [6.45, 7) is 3.94. The third-order valence-electron chi connectivity index (χ3n) is 3.49. The van der Waals surface area contributed by atoms with Crippen molar-refractivity contribution in [2.75, 3.05) is 18.8 Å².